The van der Waals surface area contributed by atoms with Crippen molar-refractivity contribution in [1.82, 2.24) is 9.88 Å². The number of ether oxygens (including phenoxy) is 5. The van der Waals surface area contributed by atoms with Crippen LogP contribution in [0.25, 0.3) is 22.0 Å². The molecular formula is C29H38N2O6. The monoisotopic (exact) mass is 510 g/mol. The summed E-state index contributed by atoms with van der Waals surface area (Å²) in [4.78, 5) is 20.7. The molecule has 0 saturated heterocycles. The van der Waals surface area contributed by atoms with E-state index in [-0.39, 0.29) is 12.7 Å². The zero-order valence-electron chi connectivity index (χ0n) is 23.1. The summed E-state index contributed by atoms with van der Waals surface area (Å²) in [5.41, 5.74) is 3.22. The number of benzene rings is 2. The van der Waals surface area contributed by atoms with Gasteiger partial charge in [0.15, 0.2) is 23.0 Å². The van der Waals surface area contributed by atoms with Crippen LogP contribution in [0.5, 0.6) is 23.0 Å². The Labute approximate surface area is 219 Å². The van der Waals surface area contributed by atoms with Crippen molar-refractivity contribution < 1.29 is 28.5 Å². The number of carbonyl (C=O) groups is 1. The Bertz CT molecular complexity index is 1240. The van der Waals surface area contributed by atoms with Gasteiger partial charge >= 0.3 is 5.97 Å². The van der Waals surface area contributed by atoms with Crippen LogP contribution >= 0.6 is 0 Å². The molecule has 0 saturated carbocycles. The number of aromatic nitrogens is 1. The first-order valence-corrected chi connectivity index (χ1v) is 12.6. The number of methoxy groups -OCH3 is 3. The number of fused-ring (bicyclic) bond motifs is 1. The van der Waals surface area contributed by atoms with Crippen LogP contribution in [-0.4, -0.2) is 63.0 Å². The summed E-state index contributed by atoms with van der Waals surface area (Å²) in [5, 5.41) is 0.740. The van der Waals surface area contributed by atoms with Gasteiger partial charge in [0.05, 0.1) is 50.8 Å². The molecule has 1 heterocycles. The second kappa shape index (κ2) is 12.6. The van der Waals surface area contributed by atoms with E-state index in [9.17, 15) is 4.79 Å². The number of hydrogen-bond acceptors (Lipinski definition) is 8. The molecule has 8 heteroatoms. The Hall–Kier alpha value is -3.52. The van der Waals surface area contributed by atoms with Crippen LogP contribution < -0.4 is 18.9 Å². The Morgan fingerprint density at radius 3 is 2.11 bits per heavy atom. The lowest BCUT2D eigenvalue weighted by molar-refractivity contribution is 0.0524. The van der Waals surface area contributed by atoms with Gasteiger partial charge in [0.2, 0.25) is 0 Å². The zero-order valence-corrected chi connectivity index (χ0v) is 23.1. The van der Waals surface area contributed by atoms with Crippen molar-refractivity contribution in [2.75, 3.05) is 41.0 Å². The lowest BCUT2D eigenvalue weighted by Gasteiger charge is -2.23. The average Bonchev–Trinajstić information content (AvgIpc) is 2.89. The van der Waals surface area contributed by atoms with Gasteiger partial charge in [-0.1, -0.05) is 19.9 Å². The van der Waals surface area contributed by atoms with E-state index in [1.54, 1.807) is 28.3 Å². The molecule has 0 aliphatic rings. The predicted octanol–water partition coefficient (Wildman–Crippen LogP) is 5.73. The first kappa shape index (κ1) is 28.1. The molecule has 3 rings (SSSR count). The highest BCUT2D eigenvalue weighted by molar-refractivity contribution is 6.08. The number of carbonyl (C=O) groups excluding carboxylic acids is 1. The van der Waals surface area contributed by atoms with Crippen LogP contribution in [-0.2, 0) is 11.3 Å². The van der Waals surface area contributed by atoms with Crippen LogP contribution in [0, 0.1) is 0 Å². The molecule has 200 valence electrons. The van der Waals surface area contributed by atoms with Crippen molar-refractivity contribution in [1.29, 1.82) is 0 Å². The van der Waals surface area contributed by atoms with Crippen molar-refractivity contribution in [3.63, 3.8) is 0 Å². The van der Waals surface area contributed by atoms with E-state index in [4.69, 9.17) is 28.7 Å². The molecule has 37 heavy (non-hydrogen) atoms. The molecule has 8 nitrogen and oxygen atoms in total. The highest BCUT2D eigenvalue weighted by Gasteiger charge is 2.26. The molecular weight excluding hydrogens is 472 g/mol. The normalized spacial score (nSPS) is 11.2. The zero-order chi connectivity index (χ0) is 27.1. The van der Waals surface area contributed by atoms with E-state index < -0.39 is 5.97 Å². The minimum Gasteiger partial charge on any atom is -0.493 e. The molecule has 0 N–H and O–H groups in total. The van der Waals surface area contributed by atoms with Crippen LogP contribution in [0.4, 0.5) is 0 Å². The number of rotatable bonds is 12. The molecule has 0 radical (unpaired) electrons. The summed E-state index contributed by atoms with van der Waals surface area (Å²) in [6.07, 6.45) is -0.0644. The van der Waals surface area contributed by atoms with E-state index in [2.05, 4.69) is 18.7 Å². The lowest BCUT2D eigenvalue weighted by atomic mass is 9.93. The van der Waals surface area contributed by atoms with Gasteiger partial charge < -0.3 is 23.7 Å². The third-order valence-electron chi connectivity index (χ3n) is 6.13. The van der Waals surface area contributed by atoms with E-state index in [1.165, 1.54) is 0 Å². The smallest absolute Gasteiger partial charge is 0.340 e. The first-order chi connectivity index (χ1) is 17.8. The molecule has 0 bridgehead atoms. The van der Waals surface area contributed by atoms with Gasteiger partial charge in [0.25, 0.3) is 0 Å². The van der Waals surface area contributed by atoms with Crippen molar-refractivity contribution in [2.24, 2.45) is 0 Å². The number of nitrogens with zero attached hydrogens (tertiary/aromatic N) is 2. The van der Waals surface area contributed by atoms with Crippen LogP contribution in [0.2, 0.25) is 0 Å². The van der Waals surface area contributed by atoms with E-state index >= 15 is 0 Å². The van der Waals surface area contributed by atoms with Crippen molar-refractivity contribution >= 4 is 16.9 Å². The van der Waals surface area contributed by atoms with Gasteiger partial charge in [0, 0.05) is 23.6 Å². The molecule has 0 atom stereocenters. The third kappa shape index (κ3) is 6.07. The van der Waals surface area contributed by atoms with Crippen molar-refractivity contribution in [3.05, 3.63) is 41.6 Å². The molecule has 0 amide bonds. The Morgan fingerprint density at radius 2 is 1.54 bits per heavy atom. The fraction of sp³-hybridized carbons (Fsp3) is 0.448. The molecule has 0 spiro atoms. The van der Waals surface area contributed by atoms with E-state index in [1.807, 2.05) is 44.2 Å². The predicted molar refractivity (Wildman–Crippen MR) is 145 cm³/mol. The second-order valence-corrected chi connectivity index (χ2v) is 8.75. The van der Waals surface area contributed by atoms with Gasteiger partial charge in [0.1, 0.15) is 0 Å². The molecule has 0 unspecified atom stereocenters. The van der Waals surface area contributed by atoms with Crippen LogP contribution in [0.1, 0.15) is 50.7 Å². The summed E-state index contributed by atoms with van der Waals surface area (Å²) in [7, 11) is 4.78. The first-order valence-electron chi connectivity index (χ1n) is 12.6. The fourth-order valence-corrected chi connectivity index (χ4v) is 4.32. The molecule has 0 fully saturated rings. The Morgan fingerprint density at radius 1 is 0.892 bits per heavy atom. The minimum absolute atomic E-state index is 0.0644. The van der Waals surface area contributed by atoms with Gasteiger partial charge in [-0.2, -0.15) is 0 Å². The largest absolute Gasteiger partial charge is 0.493 e. The van der Waals surface area contributed by atoms with Gasteiger partial charge in [-0.3, -0.25) is 9.88 Å². The van der Waals surface area contributed by atoms with Crippen molar-refractivity contribution in [3.8, 4) is 34.1 Å². The Balaban J connectivity index is 2.47. The Kier molecular flexibility index (Phi) is 9.58. The number of pyridine rings is 1. The van der Waals surface area contributed by atoms with Crippen molar-refractivity contribution in [2.45, 2.75) is 47.3 Å². The summed E-state index contributed by atoms with van der Waals surface area (Å²) < 4.78 is 28.3. The maximum Gasteiger partial charge on any atom is 0.340 e. The van der Waals surface area contributed by atoms with Gasteiger partial charge in [-0.05, 0) is 57.6 Å². The van der Waals surface area contributed by atoms with Gasteiger partial charge in [-0.25, -0.2) is 4.79 Å². The molecule has 2 aromatic carbocycles. The third-order valence-corrected chi connectivity index (χ3v) is 6.13. The van der Waals surface area contributed by atoms with E-state index in [0.29, 0.717) is 51.9 Å². The summed E-state index contributed by atoms with van der Waals surface area (Å²) in [5.74, 6) is 1.86. The lowest BCUT2D eigenvalue weighted by Crippen LogP contribution is -2.25. The fourth-order valence-electron chi connectivity index (χ4n) is 4.32. The number of hydrogen-bond donors (Lipinski definition) is 0. The average molecular weight is 511 g/mol. The minimum atomic E-state index is -0.425. The standard InChI is InChI=1S/C29H38N2O6/c1-9-31(10-2)17-22-28(29(32)36-11-3)27(19-12-13-23(33-6)26(14-19)37-18(4)5)20-15-24(34-7)25(35-8)16-21(20)30-22/h12-16,18H,9-11,17H2,1-8H3. The molecule has 0 aliphatic carbocycles. The molecule has 3 aromatic rings. The summed E-state index contributed by atoms with van der Waals surface area (Å²) in [6.45, 7) is 12.2. The van der Waals surface area contributed by atoms with E-state index in [0.717, 1.165) is 24.0 Å². The summed E-state index contributed by atoms with van der Waals surface area (Å²) in [6, 6.07) is 9.36. The van der Waals surface area contributed by atoms with Crippen LogP contribution in [0.3, 0.4) is 0 Å². The summed E-state index contributed by atoms with van der Waals surface area (Å²) >= 11 is 0. The molecule has 0 aliphatic heterocycles. The second-order valence-electron chi connectivity index (χ2n) is 8.75. The topological polar surface area (TPSA) is 79.4 Å². The molecule has 1 aromatic heterocycles. The SMILES string of the molecule is CCOC(=O)c1c(CN(CC)CC)nc2cc(OC)c(OC)cc2c1-c1ccc(OC)c(OC(C)C)c1. The van der Waals surface area contributed by atoms with Gasteiger partial charge in [-0.15, -0.1) is 0 Å². The maximum absolute atomic E-state index is 13.5. The number of esters is 1. The highest BCUT2D eigenvalue weighted by atomic mass is 16.5. The maximum atomic E-state index is 13.5. The van der Waals surface area contributed by atoms with Crippen LogP contribution in [0.15, 0.2) is 30.3 Å². The quantitative estimate of drug-likeness (QED) is 0.286. The highest BCUT2D eigenvalue weighted by Crippen LogP contribution is 2.42.